The number of carbonyl (C=O) groups is 1. The molecule has 0 spiro atoms. The maximum Gasteiger partial charge on any atom is 0.221 e. The molecule has 2 unspecified atom stereocenters. The van der Waals surface area contributed by atoms with Gasteiger partial charge in [-0.1, -0.05) is 6.42 Å². The van der Waals surface area contributed by atoms with E-state index in [1.807, 2.05) is 0 Å². The van der Waals surface area contributed by atoms with Gasteiger partial charge in [0.1, 0.15) is 0 Å². The van der Waals surface area contributed by atoms with Crippen LogP contribution in [0.3, 0.4) is 0 Å². The van der Waals surface area contributed by atoms with E-state index >= 15 is 0 Å². The van der Waals surface area contributed by atoms with Crippen LogP contribution in [0.1, 0.15) is 32.1 Å². The Bertz CT molecular complexity index is 221. The smallest absolute Gasteiger partial charge is 0.221 e. The number of carbonyl (C=O) groups excluding carboxylic acids is 1. The molecule has 4 heteroatoms. The van der Waals surface area contributed by atoms with E-state index in [0.29, 0.717) is 18.4 Å². The molecule has 0 radical (unpaired) electrons. The van der Waals surface area contributed by atoms with Crippen LogP contribution in [0.4, 0.5) is 0 Å². The summed E-state index contributed by atoms with van der Waals surface area (Å²) in [7, 11) is 0. The van der Waals surface area contributed by atoms with Crippen LogP contribution in [-0.4, -0.2) is 38.3 Å². The van der Waals surface area contributed by atoms with Gasteiger partial charge in [-0.2, -0.15) is 0 Å². The summed E-state index contributed by atoms with van der Waals surface area (Å²) in [5.41, 5.74) is 0. The molecule has 2 heterocycles. The monoisotopic (exact) mass is 226 g/mol. The molecule has 2 aliphatic rings. The Balaban J connectivity index is 1.59. The first-order valence-electron chi connectivity index (χ1n) is 6.42. The fourth-order valence-electron chi connectivity index (χ4n) is 2.40. The summed E-state index contributed by atoms with van der Waals surface area (Å²) >= 11 is 0. The van der Waals surface area contributed by atoms with Gasteiger partial charge in [0.2, 0.25) is 5.91 Å². The number of rotatable bonds is 4. The van der Waals surface area contributed by atoms with Crippen molar-refractivity contribution in [2.24, 2.45) is 5.92 Å². The van der Waals surface area contributed by atoms with Gasteiger partial charge in [-0.25, -0.2) is 0 Å². The fourth-order valence-corrected chi connectivity index (χ4v) is 2.40. The van der Waals surface area contributed by atoms with E-state index in [9.17, 15) is 4.79 Å². The minimum absolute atomic E-state index is 0.186. The normalized spacial score (nSPS) is 30.2. The molecule has 16 heavy (non-hydrogen) atoms. The molecule has 2 saturated heterocycles. The molecule has 0 aromatic heterocycles. The number of piperidine rings is 1. The summed E-state index contributed by atoms with van der Waals surface area (Å²) in [5, 5.41) is 6.41. The van der Waals surface area contributed by atoms with E-state index in [-0.39, 0.29) is 5.91 Å². The molecule has 0 bridgehead atoms. The van der Waals surface area contributed by atoms with Crippen molar-refractivity contribution in [3.8, 4) is 0 Å². The van der Waals surface area contributed by atoms with Crippen molar-refractivity contribution in [1.29, 1.82) is 0 Å². The molecule has 0 aliphatic carbocycles. The van der Waals surface area contributed by atoms with E-state index in [4.69, 9.17) is 4.74 Å². The molecular weight excluding hydrogens is 204 g/mol. The first-order chi connectivity index (χ1) is 7.84. The Hall–Kier alpha value is -0.610. The second kappa shape index (κ2) is 6.21. The van der Waals surface area contributed by atoms with Gasteiger partial charge in [0, 0.05) is 31.5 Å². The molecular formula is C12H22N2O2. The number of ether oxygens (including phenoxy) is 1. The zero-order valence-electron chi connectivity index (χ0n) is 9.84. The van der Waals surface area contributed by atoms with Gasteiger partial charge >= 0.3 is 0 Å². The summed E-state index contributed by atoms with van der Waals surface area (Å²) in [4.78, 5) is 11.7. The minimum atomic E-state index is 0.186. The summed E-state index contributed by atoms with van der Waals surface area (Å²) in [6, 6.07) is 0.397. The molecule has 2 rings (SSSR count). The summed E-state index contributed by atoms with van der Waals surface area (Å²) in [6.45, 7) is 3.51. The van der Waals surface area contributed by atoms with E-state index in [1.165, 1.54) is 12.8 Å². The molecule has 2 fully saturated rings. The standard InChI is InChI=1S/C12H22N2O2/c15-12(7-11-3-1-2-5-13-11)14-8-10-4-6-16-9-10/h10-11,13H,1-9H2,(H,14,15). The number of hydrogen-bond donors (Lipinski definition) is 2. The van der Waals surface area contributed by atoms with Crippen LogP contribution in [0.5, 0.6) is 0 Å². The first kappa shape index (κ1) is 11.9. The van der Waals surface area contributed by atoms with Crippen molar-refractivity contribution in [2.75, 3.05) is 26.3 Å². The van der Waals surface area contributed by atoms with Crippen molar-refractivity contribution >= 4 is 5.91 Å². The number of nitrogens with one attached hydrogen (secondary N) is 2. The van der Waals surface area contributed by atoms with E-state index in [0.717, 1.165) is 39.1 Å². The summed E-state index contributed by atoms with van der Waals surface area (Å²) in [5.74, 6) is 0.717. The van der Waals surface area contributed by atoms with Crippen LogP contribution < -0.4 is 10.6 Å². The third kappa shape index (κ3) is 3.76. The van der Waals surface area contributed by atoms with Crippen molar-refractivity contribution in [1.82, 2.24) is 10.6 Å². The number of hydrogen-bond acceptors (Lipinski definition) is 3. The molecule has 2 aliphatic heterocycles. The molecule has 0 aromatic rings. The summed E-state index contributed by atoms with van der Waals surface area (Å²) in [6.07, 6.45) is 5.36. The molecule has 0 saturated carbocycles. The lowest BCUT2D eigenvalue weighted by Crippen LogP contribution is -2.39. The molecule has 92 valence electrons. The zero-order valence-corrected chi connectivity index (χ0v) is 9.84. The molecule has 2 atom stereocenters. The highest BCUT2D eigenvalue weighted by molar-refractivity contribution is 5.76. The molecule has 2 N–H and O–H groups in total. The Morgan fingerprint density at radius 2 is 2.31 bits per heavy atom. The van der Waals surface area contributed by atoms with Crippen molar-refractivity contribution < 1.29 is 9.53 Å². The zero-order chi connectivity index (χ0) is 11.2. The second-order valence-electron chi connectivity index (χ2n) is 4.88. The van der Waals surface area contributed by atoms with Crippen LogP contribution >= 0.6 is 0 Å². The lowest BCUT2D eigenvalue weighted by molar-refractivity contribution is -0.121. The van der Waals surface area contributed by atoms with E-state index in [1.54, 1.807) is 0 Å². The van der Waals surface area contributed by atoms with Gasteiger partial charge in [-0.05, 0) is 25.8 Å². The SMILES string of the molecule is O=C(CC1CCCCN1)NCC1CCOC1. The van der Waals surface area contributed by atoms with Crippen LogP contribution in [0.2, 0.25) is 0 Å². The van der Waals surface area contributed by atoms with Gasteiger partial charge < -0.3 is 15.4 Å². The van der Waals surface area contributed by atoms with Crippen molar-refractivity contribution in [2.45, 2.75) is 38.1 Å². The van der Waals surface area contributed by atoms with Crippen LogP contribution in [0, 0.1) is 5.92 Å². The maximum absolute atomic E-state index is 11.7. The van der Waals surface area contributed by atoms with Gasteiger partial charge in [-0.15, -0.1) is 0 Å². The number of amides is 1. The van der Waals surface area contributed by atoms with Gasteiger partial charge in [0.25, 0.3) is 0 Å². The Morgan fingerprint density at radius 1 is 1.38 bits per heavy atom. The lowest BCUT2D eigenvalue weighted by Gasteiger charge is -2.23. The highest BCUT2D eigenvalue weighted by atomic mass is 16.5. The van der Waals surface area contributed by atoms with Gasteiger partial charge in [0.05, 0.1) is 6.61 Å². The topological polar surface area (TPSA) is 50.4 Å². The highest BCUT2D eigenvalue weighted by Crippen LogP contribution is 2.12. The highest BCUT2D eigenvalue weighted by Gasteiger charge is 2.19. The van der Waals surface area contributed by atoms with Crippen LogP contribution in [-0.2, 0) is 9.53 Å². The van der Waals surface area contributed by atoms with E-state index in [2.05, 4.69) is 10.6 Å². The minimum Gasteiger partial charge on any atom is -0.381 e. The molecule has 4 nitrogen and oxygen atoms in total. The molecule has 0 aromatic carbocycles. The van der Waals surface area contributed by atoms with Crippen molar-refractivity contribution in [3.63, 3.8) is 0 Å². The van der Waals surface area contributed by atoms with Crippen LogP contribution in [0.15, 0.2) is 0 Å². The first-order valence-corrected chi connectivity index (χ1v) is 6.42. The average molecular weight is 226 g/mol. The third-order valence-electron chi connectivity index (χ3n) is 3.46. The Labute approximate surface area is 97.1 Å². The van der Waals surface area contributed by atoms with Crippen LogP contribution in [0.25, 0.3) is 0 Å². The van der Waals surface area contributed by atoms with Gasteiger partial charge in [0.15, 0.2) is 0 Å². The van der Waals surface area contributed by atoms with Crippen molar-refractivity contribution in [3.05, 3.63) is 0 Å². The second-order valence-corrected chi connectivity index (χ2v) is 4.88. The quantitative estimate of drug-likeness (QED) is 0.741. The van der Waals surface area contributed by atoms with Gasteiger partial charge in [-0.3, -0.25) is 4.79 Å². The Morgan fingerprint density at radius 3 is 3.00 bits per heavy atom. The maximum atomic E-state index is 11.7. The predicted molar refractivity (Wildman–Crippen MR) is 62.2 cm³/mol. The fraction of sp³-hybridized carbons (Fsp3) is 0.917. The Kier molecular flexibility index (Phi) is 4.60. The lowest BCUT2D eigenvalue weighted by atomic mass is 10.0. The predicted octanol–water partition coefficient (Wildman–Crippen LogP) is 0.671. The summed E-state index contributed by atoms with van der Waals surface area (Å²) < 4.78 is 5.28. The largest absolute Gasteiger partial charge is 0.381 e. The van der Waals surface area contributed by atoms with E-state index < -0.39 is 0 Å². The average Bonchev–Trinajstić information content (AvgIpc) is 2.81. The third-order valence-corrected chi connectivity index (χ3v) is 3.46. The molecule has 1 amide bonds.